The van der Waals surface area contributed by atoms with Gasteiger partial charge in [-0.05, 0) is 36.8 Å². The van der Waals surface area contributed by atoms with Crippen LogP contribution in [0.5, 0.6) is 5.75 Å². The van der Waals surface area contributed by atoms with Gasteiger partial charge in [0.1, 0.15) is 5.75 Å². The Hall–Kier alpha value is -3.81. The predicted octanol–water partition coefficient (Wildman–Crippen LogP) is 2.83. The van der Waals surface area contributed by atoms with E-state index in [0.717, 1.165) is 0 Å². The third-order valence-electron chi connectivity index (χ3n) is 5.20. The average Bonchev–Trinajstić information content (AvgIpc) is 3.20. The Labute approximate surface area is 186 Å². The van der Waals surface area contributed by atoms with Crippen LogP contribution in [0, 0.1) is 0 Å². The van der Waals surface area contributed by atoms with Crippen molar-refractivity contribution in [1.82, 2.24) is 0 Å². The Morgan fingerprint density at radius 1 is 0.844 bits per heavy atom. The molecule has 0 amide bonds. The maximum Gasteiger partial charge on any atom is 0.337 e. The molecule has 0 unspecified atom stereocenters. The maximum atomic E-state index is 13.1. The first-order chi connectivity index (χ1) is 15.5. The number of carbonyl (C=O) groups excluding carboxylic acids is 3. The number of methoxy groups -OCH3 is 3. The minimum atomic E-state index is -1.21. The summed E-state index contributed by atoms with van der Waals surface area (Å²) in [5.74, 6) is -1.60. The number of carbonyl (C=O) groups is 3. The van der Waals surface area contributed by atoms with Gasteiger partial charge in [-0.3, -0.25) is 0 Å². The molecule has 1 aliphatic rings. The average molecular weight is 439 g/mol. The first kappa shape index (κ1) is 22.9. The molecule has 0 aromatic heterocycles. The summed E-state index contributed by atoms with van der Waals surface area (Å²) in [5, 5.41) is 0. The number of hydrogen-bond acceptors (Lipinski definition) is 8. The van der Waals surface area contributed by atoms with E-state index in [0.29, 0.717) is 17.0 Å². The second kappa shape index (κ2) is 10.00. The van der Waals surface area contributed by atoms with E-state index >= 15 is 0 Å². The van der Waals surface area contributed by atoms with Crippen LogP contribution in [0.25, 0.3) is 0 Å². The lowest BCUT2D eigenvalue weighted by Crippen LogP contribution is -2.42. The van der Waals surface area contributed by atoms with Crippen molar-refractivity contribution in [1.29, 1.82) is 0 Å². The minimum absolute atomic E-state index is 0.0272. The summed E-state index contributed by atoms with van der Waals surface area (Å²) in [5.41, 5.74) is 1.19. The highest BCUT2D eigenvalue weighted by molar-refractivity contribution is 6.10. The Kier molecular flexibility index (Phi) is 7.14. The van der Waals surface area contributed by atoms with Crippen LogP contribution >= 0.6 is 0 Å². The Balaban J connectivity index is 2.32. The van der Waals surface area contributed by atoms with E-state index in [1.165, 1.54) is 14.2 Å². The molecule has 0 N–H and O–H groups in total. The number of hydrogen-bond donors (Lipinski definition) is 0. The predicted molar refractivity (Wildman–Crippen MR) is 116 cm³/mol. The molecule has 0 bridgehead atoms. The smallest absolute Gasteiger partial charge is 0.337 e. The molecule has 0 spiro atoms. The molecule has 0 saturated heterocycles. The second-order valence-corrected chi connectivity index (χ2v) is 6.88. The molecule has 1 heterocycles. The quantitative estimate of drug-likeness (QED) is 0.481. The molecule has 168 valence electrons. The fourth-order valence-electron chi connectivity index (χ4n) is 3.85. The summed E-state index contributed by atoms with van der Waals surface area (Å²) in [6.07, 6.45) is 0. The number of rotatable bonds is 7. The molecule has 2 atom stereocenters. The highest BCUT2D eigenvalue weighted by Gasteiger charge is 2.51. The van der Waals surface area contributed by atoms with E-state index in [4.69, 9.17) is 18.9 Å². The van der Waals surface area contributed by atoms with E-state index in [9.17, 15) is 14.4 Å². The van der Waals surface area contributed by atoms with Crippen LogP contribution in [0.4, 0.5) is 5.69 Å². The fourth-order valence-corrected chi connectivity index (χ4v) is 3.85. The molecule has 0 saturated carbocycles. The molecule has 1 aliphatic heterocycles. The van der Waals surface area contributed by atoms with E-state index in [-0.39, 0.29) is 17.8 Å². The molecule has 3 rings (SSSR count). The van der Waals surface area contributed by atoms with Gasteiger partial charge in [0.15, 0.2) is 6.04 Å². The van der Waals surface area contributed by atoms with Gasteiger partial charge in [-0.1, -0.05) is 30.3 Å². The largest absolute Gasteiger partial charge is 0.497 e. The van der Waals surface area contributed by atoms with Gasteiger partial charge >= 0.3 is 17.9 Å². The van der Waals surface area contributed by atoms with Gasteiger partial charge in [0.2, 0.25) is 0 Å². The summed E-state index contributed by atoms with van der Waals surface area (Å²) in [7, 11) is 3.97. The molecule has 0 fully saturated rings. The third-order valence-corrected chi connectivity index (χ3v) is 5.20. The standard InChI is InChI=1S/C24H25NO7/c1-5-32-24(28)21-19(23(27)31-4)18(22(26)30-3)20(15-9-7-6-8-10-15)25(21)16-11-13-17(29-2)14-12-16/h6-14,20-21H,5H2,1-4H3/t20-,21+/m1/s1. The van der Waals surface area contributed by atoms with Crippen molar-refractivity contribution < 1.29 is 33.3 Å². The number of nitrogens with zero attached hydrogens (tertiary/aromatic N) is 1. The summed E-state index contributed by atoms with van der Waals surface area (Å²) in [6, 6.07) is 14.0. The molecular weight excluding hydrogens is 414 g/mol. The van der Waals surface area contributed by atoms with Crippen LogP contribution in [-0.4, -0.2) is 51.9 Å². The SMILES string of the molecule is CCOC(=O)[C@@H]1C(C(=O)OC)=C(C(=O)OC)[C@@H](c2ccccc2)N1c1ccc(OC)cc1. The van der Waals surface area contributed by atoms with Gasteiger partial charge < -0.3 is 23.8 Å². The fraction of sp³-hybridized carbons (Fsp3) is 0.292. The lowest BCUT2D eigenvalue weighted by Gasteiger charge is -2.33. The molecule has 32 heavy (non-hydrogen) atoms. The maximum absolute atomic E-state index is 13.1. The summed E-state index contributed by atoms with van der Waals surface area (Å²) in [6.45, 7) is 1.77. The van der Waals surface area contributed by atoms with Crippen LogP contribution in [0.15, 0.2) is 65.7 Å². The zero-order valence-corrected chi connectivity index (χ0v) is 18.4. The Morgan fingerprint density at radius 2 is 1.44 bits per heavy atom. The number of ether oxygens (including phenoxy) is 4. The highest BCUT2D eigenvalue weighted by atomic mass is 16.5. The summed E-state index contributed by atoms with van der Waals surface area (Å²) >= 11 is 0. The minimum Gasteiger partial charge on any atom is -0.497 e. The van der Waals surface area contributed by atoms with Gasteiger partial charge in [0.25, 0.3) is 0 Å². The van der Waals surface area contributed by atoms with Crippen molar-refractivity contribution in [2.75, 3.05) is 32.8 Å². The van der Waals surface area contributed by atoms with Crippen molar-refractivity contribution in [3.8, 4) is 5.75 Å². The van der Waals surface area contributed by atoms with Gasteiger partial charge in [-0.2, -0.15) is 0 Å². The highest BCUT2D eigenvalue weighted by Crippen LogP contribution is 2.45. The van der Waals surface area contributed by atoms with Gasteiger partial charge in [-0.25, -0.2) is 14.4 Å². The molecule has 0 radical (unpaired) electrons. The Bertz CT molecular complexity index is 1010. The van der Waals surface area contributed by atoms with Crippen LogP contribution in [0.3, 0.4) is 0 Å². The number of benzene rings is 2. The first-order valence-corrected chi connectivity index (χ1v) is 10.0. The molecule has 8 nitrogen and oxygen atoms in total. The van der Waals surface area contributed by atoms with Crippen molar-refractivity contribution >= 4 is 23.6 Å². The Morgan fingerprint density at radius 3 is 1.97 bits per heavy atom. The van der Waals surface area contributed by atoms with Crippen molar-refractivity contribution in [2.24, 2.45) is 0 Å². The van der Waals surface area contributed by atoms with Crippen LogP contribution < -0.4 is 9.64 Å². The normalized spacial score (nSPS) is 17.7. The molecule has 2 aromatic rings. The van der Waals surface area contributed by atoms with Gasteiger partial charge in [-0.15, -0.1) is 0 Å². The van der Waals surface area contributed by atoms with Crippen molar-refractivity contribution in [2.45, 2.75) is 19.0 Å². The zero-order valence-electron chi connectivity index (χ0n) is 18.4. The summed E-state index contributed by atoms with van der Waals surface area (Å²) in [4.78, 5) is 40.6. The molecular formula is C24H25NO7. The van der Waals surface area contributed by atoms with Crippen molar-refractivity contribution in [3.63, 3.8) is 0 Å². The lowest BCUT2D eigenvalue weighted by atomic mass is 9.96. The molecule has 0 aliphatic carbocycles. The van der Waals surface area contributed by atoms with Gasteiger partial charge in [0, 0.05) is 5.69 Å². The lowest BCUT2D eigenvalue weighted by molar-refractivity contribution is -0.146. The third kappa shape index (κ3) is 4.16. The van der Waals surface area contributed by atoms with Crippen LogP contribution in [0.1, 0.15) is 18.5 Å². The topological polar surface area (TPSA) is 91.4 Å². The molecule has 2 aromatic carbocycles. The monoisotopic (exact) mass is 439 g/mol. The number of anilines is 1. The zero-order chi connectivity index (χ0) is 23.3. The van der Waals surface area contributed by atoms with E-state index in [1.807, 2.05) is 30.3 Å². The number of esters is 3. The van der Waals surface area contributed by atoms with E-state index < -0.39 is 30.0 Å². The first-order valence-electron chi connectivity index (χ1n) is 10.0. The second-order valence-electron chi connectivity index (χ2n) is 6.88. The van der Waals surface area contributed by atoms with Crippen LogP contribution in [-0.2, 0) is 28.6 Å². The van der Waals surface area contributed by atoms with E-state index in [2.05, 4.69) is 0 Å². The summed E-state index contributed by atoms with van der Waals surface area (Å²) < 4.78 is 20.5. The molecule has 8 heteroatoms. The van der Waals surface area contributed by atoms with Crippen molar-refractivity contribution in [3.05, 3.63) is 71.3 Å². The van der Waals surface area contributed by atoms with E-state index in [1.54, 1.807) is 43.2 Å². The van der Waals surface area contributed by atoms with Crippen LogP contribution in [0.2, 0.25) is 0 Å². The van der Waals surface area contributed by atoms with Gasteiger partial charge in [0.05, 0.1) is 45.1 Å².